The van der Waals surface area contributed by atoms with Crippen molar-refractivity contribution in [3.63, 3.8) is 0 Å². The number of halogens is 2. The van der Waals surface area contributed by atoms with E-state index in [1.54, 1.807) is 6.07 Å². The van der Waals surface area contributed by atoms with Crippen molar-refractivity contribution in [3.05, 3.63) is 34.6 Å². The first kappa shape index (κ1) is 13.4. The summed E-state index contributed by atoms with van der Waals surface area (Å²) in [6.45, 7) is 1.41. The van der Waals surface area contributed by atoms with Gasteiger partial charge in [0, 0.05) is 19.5 Å². The van der Waals surface area contributed by atoms with Crippen molar-refractivity contribution >= 4 is 28.8 Å². The van der Waals surface area contributed by atoms with E-state index in [0.717, 1.165) is 12.1 Å². The maximum absolute atomic E-state index is 13.2. The van der Waals surface area contributed by atoms with Gasteiger partial charge in [-0.25, -0.2) is 4.39 Å². The van der Waals surface area contributed by atoms with Crippen molar-refractivity contribution < 1.29 is 4.39 Å². The molecule has 0 aliphatic carbocycles. The maximum Gasteiger partial charge on any atom is 0.142 e. The fraction of sp³-hybridized carbons (Fsp3) is 0.364. The Morgan fingerprint density at radius 2 is 2.25 bits per heavy atom. The van der Waals surface area contributed by atoms with Gasteiger partial charge >= 0.3 is 0 Å². The second kappa shape index (κ2) is 6.13. The zero-order valence-electron chi connectivity index (χ0n) is 9.04. The second-order valence-corrected chi connectivity index (χ2v) is 4.63. The molecule has 0 amide bonds. The van der Waals surface area contributed by atoms with E-state index in [9.17, 15) is 4.39 Å². The molecule has 0 aliphatic heterocycles. The van der Waals surface area contributed by atoms with Gasteiger partial charge in [-0.2, -0.15) is 0 Å². The van der Waals surface area contributed by atoms with Gasteiger partial charge in [0.15, 0.2) is 0 Å². The van der Waals surface area contributed by atoms with Crippen LogP contribution >= 0.6 is 23.8 Å². The Labute approximate surface area is 105 Å². The lowest BCUT2D eigenvalue weighted by Gasteiger charge is -2.16. The molecule has 0 aromatic heterocycles. The fourth-order valence-electron chi connectivity index (χ4n) is 1.33. The topological polar surface area (TPSA) is 29.3 Å². The lowest BCUT2D eigenvalue weighted by atomic mass is 10.2. The number of benzene rings is 1. The first-order valence-electron chi connectivity index (χ1n) is 4.90. The highest BCUT2D eigenvalue weighted by molar-refractivity contribution is 7.80. The minimum absolute atomic E-state index is 0.148. The van der Waals surface area contributed by atoms with Crippen LogP contribution in [0.1, 0.15) is 12.0 Å². The first-order chi connectivity index (χ1) is 7.49. The van der Waals surface area contributed by atoms with E-state index in [2.05, 4.69) is 0 Å². The number of rotatable bonds is 5. The van der Waals surface area contributed by atoms with Crippen molar-refractivity contribution in [2.75, 3.05) is 13.6 Å². The Morgan fingerprint density at radius 3 is 2.81 bits per heavy atom. The molecule has 2 N–H and O–H groups in total. The molecule has 0 saturated carbocycles. The Bertz CT molecular complexity index is 384. The second-order valence-electron chi connectivity index (χ2n) is 3.70. The standard InChI is InChI=1S/C11H14ClFN2S/c1-15(5-4-11(14)16)7-8-2-3-9(12)10(13)6-8/h2-3,6H,4-5,7H2,1H3,(H2,14,16). The molecular formula is C11H14ClFN2S. The van der Waals surface area contributed by atoms with E-state index in [-0.39, 0.29) is 10.8 Å². The largest absolute Gasteiger partial charge is 0.393 e. The summed E-state index contributed by atoms with van der Waals surface area (Å²) in [5.74, 6) is -0.387. The lowest BCUT2D eigenvalue weighted by Crippen LogP contribution is -2.23. The number of nitrogens with two attached hydrogens (primary N) is 1. The molecule has 16 heavy (non-hydrogen) atoms. The van der Waals surface area contributed by atoms with E-state index in [1.807, 2.05) is 18.0 Å². The van der Waals surface area contributed by atoms with Gasteiger partial charge in [0.2, 0.25) is 0 Å². The summed E-state index contributed by atoms with van der Waals surface area (Å²) < 4.78 is 13.2. The number of hydrogen-bond acceptors (Lipinski definition) is 2. The molecule has 1 aromatic rings. The highest BCUT2D eigenvalue weighted by atomic mass is 35.5. The Morgan fingerprint density at radius 1 is 1.56 bits per heavy atom. The van der Waals surface area contributed by atoms with Crippen LogP contribution in [-0.4, -0.2) is 23.5 Å². The van der Waals surface area contributed by atoms with Gasteiger partial charge in [-0.15, -0.1) is 0 Å². The summed E-state index contributed by atoms with van der Waals surface area (Å²) in [6.07, 6.45) is 0.669. The van der Waals surface area contributed by atoms with Crippen LogP contribution in [0.15, 0.2) is 18.2 Å². The van der Waals surface area contributed by atoms with Gasteiger partial charge in [-0.05, 0) is 24.7 Å². The molecule has 0 atom stereocenters. The third kappa shape index (κ3) is 4.43. The monoisotopic (exact) mass is 260 g/mol. The van der Waals surface area contributed by atoms with E-state index in [0.29, 0.717) is 18.0 Å². The van der Waals surface area contributed by atoms with Gasteiger partial charge in [0.05, 0.1) is 10.0 Å². The summed E-state index contributed by atoms with van der Waals surface area (Å²) in [7, 11) is 1.94. The van der Waals surface area contributed by atoms with Crippen LogP contribution in [0.25, 0.3) is 0 Å². The van der Waals surface area contributed by atoms with Crippen molar-refractivity contribution in [2.45, 2.75) is 13.0 Å². The van der Waals surface area contributed by atoms with Gasteiger partial charge in [0.1, 0.15) is 5.82 Å². The van der Waals surface area contributed by atoms with E-state index in [4.69, 9.17) is 29.6 Å². The van der Waals surface area contributed by atoms with Crippen molar-refractivity contribution in [2.24, 2.45) is 5.73 Å². The third-order valence-electron chi connectivity index (χ3n) is 2.18. The van der Waals surface area contributed by atoms with Crippen LogP contribution < -0.4 is 5.73 Å². The average Bonchev–Trinajstić information content (AvgIpc) is 2.21. The molecular weight excluding hydrogens is 247 g/mol. The van der Waals surface area contributed by atoms with Gasteiger partial charge < -0.3 is 10.6 Å². The molecule has 0 spiro atoms. The molecule has 0 bridgehead atoms. The smallest absolute Gasteiger partial charge is 0.142 e. The minimum Gasteiger partial charge on any atom is -0.393 e. The minimum atomic E-state index is -0.387. The molecule has 88 valence electrons. The van der Waals surface area contributed by atoms with Crippen LogP contribution in [0.4, 0.5) is 4.39 Å². The summed E-state index contributed by atoms with van der Waals surface area (Å²) >= 11 is 10.4. The van der Waals surface area contributed by atoms with Crippen LogP contribution in [0, 0.1) is 5.82 Å². The number of thiocarbonyl (C=S) groups is 1. The predicted molar refractivity (Wildman–Crippen MR) is 69.1 cm³/mol. The summed E-state index contributed by atoms with van der Waals surface area (Å²) in [4.78, 5) is 2.52. The first-order valence-corrected chi connectivity index (χ1v) is 5.68. The van der Waals surface area contributed by atoms with Gasteiger partial charge in [0.25, 0.3) is 0 Å². The Kier molecular flexibility index (Phi) is 5.12. The molecule has 0 unspecified atom stereocenters. The Balaban J connectivity index is 2.52. The van der Waals surface area contributed by atoms with E-state index >= 15 is 0 Å². The molecule has 5 heteroatoms. The predicted octanol–water partition coefficient (Wildman–Crippen LogP) is 2.59. The molecule has 0 aliphatic rings. The summed E-state index contributed by atoms with van der Waals surface area (Å²) in [5, 5.41) is 0.148. The number of nitrogens with zero attached hydrogens (tertiary/aromatic N) is 1. The van der Waals surface area contributed by atoms with Crippen molar-refractivity contribution in [1.82, 2.24) is 4.90 Å². The third-order valence-corrected chi connectivity index (χ3v) is 2.69. The zero-order chi connectivity index (χ0) is 12.1. The van der Waals surface area contributed by atoms with Crippen LogP contribution in [0.3, 0.4) is 0 Å². The molecule has 0 heterocycles. The molecule has 2 nitrogen and oxygen atoms in total. The Hall–Kier alpha value is -0.710. The van der Waals surface area contributed by atoms with Crippen molar-refractivity contribution in [3.8, 4) is 0 Å². The van der Waals surface area contributed by atoms with Gasteiger partial charge in [-0.1, -0.05) is 29.9 Å². The average molecular weight is 261 g/mol. The molecule has 0 saturated heterocycles. The SMILES string of the molecule is CN(CCC(N)=S)Cc1ccc(Cl)c(F)c1. The highest BCUT2D eigenvalue weighted by Gasteiger charge is 2.04. The molecule has 0 radical (unpaired) electrons. The summed E-state index contributed by atoms with van der Waals surface area (Å²) in [6, 6.07) is 4.82. The molecule has 1 aromatic carbocycles. The van der Waals surface area contributed by atoms with Crippen LogP contribution in [0.5, 0.6) is 0 Å². The lowest BCUT2D eigenvalue weighted by molar-refractivity contribution is 0.336. The van der Waals surface area contributed by atoms with E-state index in [1.165, 1.54) is 6.07 Å². The van der Waals surface area contributed by atoms with Crippen LogP contribution in [-0.2, 0) is 6.54 Å². The van der Waals surface area contributed by atoms with Gasteiger partial charge in [-0.3, -0.25) is 0 Å². The normalized spacial score (nSPS) is 10.8. The maximum atomic E-state index is 13.2. The van der Waals surface area contributed by atoms with Crippen molar-refractivity contribution in [1.29, 1.82) is 0 Å². The quantitative estimate of drug-likeness (QED) is 0.826. The zero-order valence-corrected chi connectivity index (χ0v) is 10.6. The molecule has 0 fully saturated rings. The van der Waals surface area contributed by atoms with E-state index < -0.39 is 0 Å². The highest BCUT2D eigenvalue weighted by Crippen LogP contribution is 2.16. The summed E-state index contributed by atoms with van der Waals surface area (Å²) in [5.41, 5.74) is 6.29. The number of hydrogen-bond donors (Lipinski definition) is 1. The fourth-order valence-corrected chi connectivity index (χ4v) is 1.54. The van der Waals surface area contributed by atoms with Crippen LogP contribution in [0.2, 0.25) is 5.02 Å². The molecule has 1 rings (SSSR count).